The van der Waals surface area contributed by atoms with Crippen LogP contribution in [0.1, 0.15) is 30.4 Å². The fourth-order valence-corrected chi connectivity index (χ4v) is 3.44. The van der Waals surface area contributed by atoms with Gasteiger partial charge in [-0.15, -0.1) is 0 Å². The highest BCUT2D eigenvalue weighted by Gasteiger charge is 2.28. The van der Waals surface area contributed by atoms with Gasteiger partial charge in [0.25, 0.3) is 0 Å². The van der Waals surface area contributed by atoms with Crippen LogP contribution < -0.4 is 10.1 Å². The zero-order chi connectivity index (χ0) is 14.4. The molecule has 6 heteroatoms. The van der Waals surface area contributed by atoms with Crippen molar-refractivity contribution in [1.29, 1.82) is 0 Å². The van der Waals surface area contributed by atoms with Gasteiger partial charge in [-0.25, -0.2) is 4.98 Å². The normalized spacial score (nSPS) is 20.5. The van der Waals surface area contributed by atoms with Gasteiger partial charge in [-0.3, -0.25) is 0 Å². The number of aromatic nitrogens is 2. The Labute approximate surface area is 131 Å². The predicted molar refractivity (Wildman–Crippen MR) is 81.7 cm³/mol. The second kappa shape index (κ2) is 5.03. The summed E-state index contributed by atoms with van der Waals surface area (Å²) in [6.07, 6.45) is 2.78. The summed E-state index contributed by atoms with van der Waals surface area (Å²) in [6, 6.07) is 6.06. The Bertz CT molecular complexity index is 692. The van der Waals surface area contributed by atoms with Gasteiger partial charge < -0.3 is 15.3 Å². The summed E-state index contributed by atoms with van der Waals surface area (Å²) in [7, 11) is 0. The van der Waals surface area contributed by atoms with Gasteiger partial charge in [0.2, 0.25) is 0 Å². The highest BCUT2D eigenvalue weighted by atomic mass is 79.9. The van der Waals surface area contributed by atoms with Crippen molar-refractivity contribution in [3.8, 4) is 17.0 Å². The number of nitrogens with zero attached hydrogens (tertiary/aromatic N) is 2. The number of imidazole rings is 1. The summed E-state index contributed by atoms with van der Waals surface area (Å²) in [5.41, 5.74) is 2.61. The molecule has 0 unspecified atom stereocenters. The van der Waals surface area contributed by atoms with Crippen LogP contribution >= 0.6 is 15.9 Å². The molecule has 21 heavy (non-hydrogen) atoms. The monoisotopic (exact) mass is 349 g/mol. The van der Waals surface area contributed by atoms with Gasteiger partial charge in [0.15, 0.2) is 5.82 Å². The maximum absolute atomic E-state index is 10.5. The van der Waals surface area contributed by atoms with Crippen molar-refractivity contribution in [1.82, 2.24) is 15.0 Å². The minimum Gasteiger partial charge on any atom is -0.492 e. The summed E-state index contributed by atoms with van der Waals surface area (Å²) in [4.78, 5) is 4.72. The van der Waals surface area contributed by atoms with Crippen molar-refractivity contribution < 1.29 is 9.94 Å². The molecule has 3 heterocycles. The maximum Gasteiger partial charge on any atom is 0.162 e. The summed E-state index contributed by atoms with van der Waals surface area (Å²) < 4.78 is 8.02. The van der Waals surface area contributed by atoms with Crippen molar-refractivity contribution in [2.45, 2.75) is 25.3 Å². The average Bonchev–Trinajstić information content (AvgIpc) is 3.05. The molecule has 0 aliphatic carbocycles. The molecule has 1 aromatic carbocycles. The van der Waals surface area contributed by atoms with Crippen molar-refractivity contribution in [3.63, 3.8) is 0 Å². The zero-order valence-electron chi connectivity index (χ0n) is 11.5. The molecular weight excluding hydrogens is 334 g/mol. The molecule has 0 saturated carbocycles. The third-order valence-electron chi connectivity index (χ3n) is 4.14. The standard InChI is InChI=1S/C15H16BrN3O2/c16-9-3-4-10-13(8-9)21-7-5-12-14(10)18-15(19(12)20)11-2-1-6-17-11/h3-4,8,11,17,20H,1-2,5-7H2/t11-/m0/s1. The summed E-state index contributed by atoms with van der Waals surface area (Å²) in [5.74, 6) is 1.53. The average molecular weight is 350 g/mol. The molecule has 1 saturated heterocycles. The lowest BCUT2D eigenvalue weighted by Gasteiger charge is -2.10. The Hall–Kier alpha value is -1.53. The molecule has 2 N–H and O–H groups in total. The lowest BCUT2D eigenvalue weighted by atomic mass is 10.1. The van der Waals surface area contributed by atoms with Gasteiger partial charge >= 0.3 is 0 Å². The van der Waals surface area contributed by atoms with Gasteiger partial charge in [-0.2, -0.15) is 4.73 Å². The van der Waals surface area contributed by atoms with Crippen molar-refractivity contribution >= 4 is 15.9 Å². The smallest absolute Gasteiger partial charge is 0.162 e. The van der Waals surface area contributed by atoms with E-state index in [4.69, 9.17) is 9.72 Å². The molecule has 0 bridgehead atoms. The zero-order valence-corrected chi connectivity index (χ0v) is 13.1. The van der Waals surface area contributed by atoms with E-state index in [9.17, 15) is 5.21 Å². The first-order valence-electron chi connectivity index (χ1n) is 7.21. The lowest BCUT2D eigenvalue weighted by molar-refractivity contribution is 0.158. The number of fused-ring (bicyclic) bond motifs is 3. The molecule has 5 nitrogen and oxygen atoms in total. The molecule has 1 aromatic heterocycles. The Morgan fingerprint density at radius 3 is 3.14 bits per heavy atom. The summed E-state index contributed by atoms with van der Waals surface area (Å²) >= 11 is 3.46. The number of hydrogen-bond donors (Lipinski definition) is 2. The van der Waals surface area contributed by atoms with Crippen LogP contribution in [0.15, 0.2) is 22.7 Å². The number of hydrogen-bond acceptors (Lipinski definition) is 4. The largest absolute Gasteiger partial charge is 0.492 e. The van der Waals surface area contributed by atoms with Gasteiger partial charge in [-0.1, -0.05) is 15.9 Å². The fourth-order valence-electron chi connectivity index (χ4n) is 3.10. The van der Waals surface area contributed by atoms with E-state index < -0.39 is 0 Å². The molecule has 2 aliphatic rings. The van der Waals surface area contributed by atoms with Crippen LogP contribution in [-0.4, -0.2) is 28.1 Å². The minimum absolute atomic E-state index is 0.141. The van der Waals surface area contributed by atoms with E-state index in [1.165, 1.54) is 4.73 Å². The molecule has 1 fully saturated rings. The molecule has 1 atom stereocenters. The van der Waals surface area contributed by atoms with E-state index in [-0.39, 0.29) is 6.04 Å². The maximum atomic E-state index is 10.5. The quantitative estimate of drug-likeness (QED) is 0.777. The highest BCUT2D eigenvalue weighted by molar-refractivity contribution is 9.10. The highest BCUT2D eigenvalue weighted by Crippen LogP contribution is 2.38. The fraction of sp³-hybridized carbons (Fsp3) is 0.400. The third kappa shape index (κ3) is 2.13. The van der Waals surface area contributed by atoms with Crippen molar-refractivity contribution in [2.24, 2.45) is 0 Å². The Morgan fingerprint density at radius 2 is 2.33 bits per heavy atom. The first-order chi connectivity index (χ1) is 10.2. The minimum atomic E-state index is 0.141. The van der Waals surface area contributed by atoms with Gasteiger partial charge in [-0.05, 0) is 37.6 Å². The van der Waals surface area contributed by atoms with Crippen LogP contribution in [0.2, 0.25) is 0 Å². The molecule has 0 radical (unpaired) electrons. The summed E-state index contributed by atoms with van der Waals surface area (Å²) in [6.45, 7) is 1.52. The second-order valence-electron chi connectivity index (χ2n) is 5.46. The number of benzene rings is 1. The Morgan fingerprint density at radius 1 is 1.43 bits per heavy atom. The molecule has 4 rings (SSSR count). The Kier molecular flexibility index (Phi) is 3.15. The third-order valence-corrected chi connectivity index (χ3v) is 4.63. The van der Waals surface area contributed by atoms with E-state index in [0.29, 0.717) is 18.9 Å². The number of halogens is 1. The molecule has 0 spiro atoms. The van der Waals surface area contributed by atoms with Crippen molar-refractivity contribution in [3.05, 3.63) is 34.2 Å². The van der Waals surface area contributed by atoms with Crippen LogP contribution in [-0.2, 0) is 6.42 Å². The van der Waals surface area contributed by atoms with Crippen LogP contribution in [0.25, 0.3) is 11.3 Å². The van der Waals surface area contributed by atoms with Crippen LogP contribution in [0.4, 0.5) is 0 Å². The molecule has 2 aromatic rings. The summed E-state index contributed by atoms with van der Waals surface area (Å²) in [5, 5.41) is 13.9. The number of nitrogens with one attached hydrogen (secondary N) is 1. The van der Waals surface area contributed by atoms with Crippen LogP contribution in [0, 0.1) is 0 Å². The van der Waals surface area contributed by atoms with E-state index >= 15 is 0 Å². The molecular formula is C15H16BrN3O2. The van der Waals surface area contributed by atoms with Crippen molar-refractivity contribution in [2.75, 3.05) is 13.2 Å². The molecule has 0 amide bonds. The SMILES string of the molecule is On1c([C@@H]2CCCN2)nc2c1CCOc1cc(Br)ccc1-2. The predicted octanol–water partition coefficient (Wildman–Crippen LogP) is 2.91. The van der Waals surface area contributed by atoms with E-state index in [0.717, 1.165) is 46.6 Å². The Balaban J connectivity index is 1.86. The second-order valence-corrected chi connectivity index (χ2v) is 6.38. The topological polar surface area (TPSA) is 59.3 Å². The number of ether oxygens (including phenoxy) is 1. The van der Waals surface area contributed by atoms with Crippen LogP contribution in [0.5, 0.6) is 5.75 Å². The van der Waals surface area contributed by atoms with E-state index in [1.54, 1.807) is 0 Å². The number of rotatable bonds is 1. The first-order valence-corrected chi connectivity index (χ1v) is 8.00. The van der Waals surface area contributed by atoms with E-state index in [1.807, 2.05) is 18.2 Å². The van der Waals surface area contributed by atoms with Gasteiger partial charge in [0, 0.05) is 16.5 Å². The molecule has 2 aliphatic heterocycles. The first kappa shape index (κ1) is 13.2. The molecule has 110 valence electrons. The van der Waals surface area contributed by atoms with Crippen LogP contribution in [0.3, 0.4) is 0 Å². The van der Waals surface area contributed by atoms with Gasteiger partial charge in [0.1, 0.15) is 5.75 Å². The van der Waals surface area contributed by atoms with Gasteiger partial charge in [0.05, 0.1) is 24.0 Å². The van der Waals surface area contributed by atoms with E-state index in [2.05, 4.69) is 21.2 Å². The lowest BCUT2D eigenvalue weighted by Crippen LogP contribution is -2.18.